The number of amides is 2. The van der Waals surface area contributed by atoms with E-state index in [0.29, 0.717) is 16.9 Å². The molecule has 0 spiro atoms. The molecule has 0 atom stereocenters. The molecule has 0 aromatic heterocycles. The fraction of sp³-hybridized carbons (Fsp3) is 0.263. The number of hydrogen-bond acceptors (Lipinski definition) is 4. The molecule has 1 aliphatic carbocycles. The molecule has 148 valence electrons. The molecule has 0 heterocycles. The number of rotatable bonds is 7. The van der Waals surface area contributed by atoms with Gasteiger partial charge in [-0.2, -0.15) is 0 Å². The molecule has 0 aliphatic heterocycles. The molecular weight excluding hydrogens is 375 g/mol. The standard InChI is InChI=1S/C19H18F3N3O3/c20-19(21,22)28-16-6-2-4-14(10-16)23-11-17(26)24-15-5-1-3-12(9-15)18(27)25-13-7-8-13/h1-6,9-10,13,23H,7-8,11H2,(H,24,26)(H,25,27). The lowest BCUT2D eigenvalue weighted by atomic mass is 10.2. The molecule has 6 nitrogen and oxygen atoms in total. The highest BCUT2D eigenvalue weighted by Gasteiger charge is 2.31. The van der Waals surface area contributed by atoms with Gasteiger partial charge in [-0.3, -0.25) is 9.59 Å². The monoisotopic (exact) mass is 393 g/mol. The Morgan fingerprint density at radius 1 is 1.04 bits per heavy atom. The molecule has 0 bridgehead atoms. The first kappa shape index (κ1) is 19.5. The number of nitrogens with one attached hydrogen (secondary N) is 3. The quantitative estimate of drug-likeness (QED) is 0.673. The molecule has 3 N–H and O–H groups in total. The minimum atomic E-state index is -4.78. The summed E-state index contributed by atoms with van der Waals surface area (Å²) >= 11 is 0. The number of carbonyl (C=O) groups is 2. The van der Waals surface area contributed by atoms with E-state index < -0.39 is 12.3 Å². The van der Waals surface area contributed by atoms with Crippen molar-refractivity contribution in [2.75, 3.05) is 17.2 Å². The van der Waals surface area contributed by atoms with E-state index in [2.05, 4.69) is 20.7 Å². The highest BCUT2D eigenvalue weighted by Crippen LogP contribution is 2.25. The van der Waals surface area contributed by atoms with E-state index >= 15 is 0 Å². The van der Waals surface area contributed by atoms with Crippen molar-refractivity contribution in [3.8, 4) is 5.75 Å². The average molecular weight is 393 g/mol. The summed E-state index contributed by atoms with van der Waals surface area (Å²) in [6.07, 6.45) is -2.83. The van der Waals surface area contributed by atoms with Gasteiger partial charge in [0, 0.05) is 29.0 Å². The highest BCUT2D eigenvalue weighted by molar-refractivity contribution is 5.98. The summed E-state index contributed by atoms with van der Waals surface area (Å²) in [5.74, 6) is -0.993. The Hall–Kier alpha value is -3.23. The first-order valence-electron chi connectivity index (χ1n) is 8.59. The van der Waals surface area contributed by atoms with Crippen molar-refractivity contribution in [2.24, 2.45) is 0 Å². The van der Waals surface area contributed by atoms with Crippen LogP contribution in [0.3, 0.4) is 0 Å². The number of benzene rings is 2. The molecule has 2 aromatic rings. The Balaban J connectivity index is 1.53. The fourth-order valence-electron chi connectivity index (χ4n) is 2.43. The van der Waals surface area contributed by atoms with E-state index in [1.54, 1.807) is 24.3 Å². The molecule has 1 fully saturated rings. The van der Waals surface area contributed by atoms with Crippen molar-refractivity contribution in [1.29, 1.82) is 0 Å². The number of hydrogen-bond donors (Lipinski definition) is 3. The average Bonchev–Trinajstić information content (AvgIpc) is 3.43. The lowest BCUT2D eigenvalue weighted by Crippen LogP contribution is -2.26. The van der Waals surface area contributed by atoms with Crippen LogP contribution in [0.15, 0.2) is 48.5 Å². The van der Waals surface area contributed by atoms with Gasteiger partial charge in [0.05, 0.1) is 6.54 Å². The van der Waals surface area contributed by atoms with Crippen LogP contribution in [0.1, 0.15) is 23.2 Å². The molecule has 1 saturated carbocycles. The predicted molar refractivity (Wildman–Crippen MR) is 97.2 cm³/mol. The number of ether oxygens (including phenoxy) is 1. The number of anilines is 2. The molecule has 2 amide bonds. The van der Waals surface area contributed by atoms with Gasteiger partial charge in [0.2, 0.25) is 5.91 Å². The van der Waals surface area contributed by atoms with Crippen LogP contribution in [-0.2, 0) is 4.79 Å². The maximum Gasteiger partial charge on any atom is 0.573 e. The van der Waals surface area contributed by atoms with Crippen LogP contribution in [0.5, 0.6) is 5.75 Å². The number of alkyl halides is 3. The van der Waals surface area contributed by atoms with E-state index in [4.69, 9.17) is 0 Å². The summed E-state index contributed by atoms with van der Waals surface area (Å²) in [7, 11) is 0. The molecule has 0 radical (unpaired) electrons. The van der Waals surface area contributed by atoms with Crippen molar-refractivity contribution >= 4 is 23.2 Å². The number of carbonyl (C=O) groups excluding carboxylic acids is 2. The van der Waals surface area contributed by atoms with Crippen LogP contribution < -0.4 is 20.7 Å². The van der Waals surface area contributed by atoms with Crippen molar-refractivity contribution < 1.29 is 27.5 Å². The van der Waals surface area contributed by atoms with Crippen molar-refractivity contribution in [2.45, 2.75) is 25.2 Å². The first-order valence-corrected chi connectivity index (χ1v) is 8.59. The third-order valence-electron chi connectivity index (χ3n) is 3.84. The van der Waals surface area contributed by atoms with E-state index in [9.17, 15) is 22.8 Å². The van der Waals surface area contributed by atoms with Gasteiger partial charge < -0.3 is 20.7 Å². The van der Waals surface area contributed by atoms with E-state index in [0.717, 1.165) is 25.0 Å². The maximum absolute atomic E-state index is 12.3. The minimum absolute atomic E-state index is 0.173. The van der Waals surface area contributed by atoms with E-state index in [-0.39, 0.29) is 24.2 Å². The topological polar surface area (TPSA) is 79.5 Å². The Morgan fingerprint density at radius 2 is 1.75 bits per heavy atom. The molecular formula is C19H18F3N3O3. The summed E-state index contributed by atoms with van der Waals surface area (Å²) in [6, 6.07) is 11.9. The normalized spacial score (nSPS) is 13.5. The smallest absolute Gasteiger partial charge is 0.406 e. The van der Waals surface area contributed by atoms with E-state index in [1.165, 1.54) is 12.1 Å². The molecule has 1 aliphatic rings. The van der Waals surface area contributed by atoms with Gasteiger partial charge >= 0.3 is 6.36 Å². The van der Waals surface area contributed by atoms with Crippen molar-refractivity contribution in [3.63, 3.8) is 0 Å². The van der Waals surface area contributed by atoms with Crippen LogP contribution >= 0.6 is 0 Å². The van der Waals surface area contributed by atoms with Crippen molar-refractivity contribution in [3.05, 3.63) is 54.1 Å². The lowest BCUT2D eigenvalue weighted by molar-refractivity contribution is -0.274. The van der Waals surface area contributed by atoms with Gasteiger partial charge in [0.25, 0.3) is 5.91 Å². The third-order valence-corrected chi connectivity index (χ3v) is 3.84. The summed E-state index contributed by atoms with van der Waals surface area (Å²) in [5.41, 5.74) is 1.19. The van der Waals surface area contributed by atoms with Gasteiger partial charge in [-0.25, -0.2) is 0 Å². The fourth-order valence-corrected chi connectivity index (χ4v) is 2.43. The second-order valence-corrected chi connectivity index (χ2v) is 6.31. The van der Waals surface area contributed by atoms with Gasteiger partial charge in [-0.05, 0) is 43.2 Å². The Labute approximate surface area is 159 Å². The number of halogens is 3. The Kier molecular flexibility index (Phi) is 5.72. The Morgan fingerprint density at radius 3 is 2.46 bits per heavy atom. The van der Waals surface area contributed by atoms with Crippen LogP contribution in [-0.4, -0.2) is 30.8 Å². The summed E-state index contributed by atoms with van der Waals surface area (Å²) in [6.45, 7) is -0.173. The zero-order chi connectivity index (χ0) is 20.1. The second kappa shape index (κ2) is 8.20. The zero-order valence-electron chi connectivity index (χ0n) is 14.7. The SMILES string of the molecule is O=C(CNc1cccc(OC(F)(F)F)c1)Nc1cccc(C(=O)NC2CC2)c1. The summed E-state index contributed by atoms with van der Waals surface area (Å²) in [5, 5.41) is 8.22. The molecule has 28 heavy (non-hydrogen) atoms. The van der Waals surface area contributed by atoms with Gasteiger partial charge in [-0.15, -0.1) is 13.2 Å². The van der Waals surface area contributed by atoms with Crippen LogP contribution in [0, 0.1) is 0 Å². The van der Waals surface area contributed by atoms with Crippen LogP contribution in [0.2, 0.25) is 0 Å². The largest absolute Gasteiger partial charge is 0.573 e. The predicted octanol–water partition coefficient (Wildman–Crippen LogP) is 3.53. The van der Waals surface area contributed by atoms with Gasteiger partial charge in [-0.1, -0.05) is 12.1 Å². The zero-order valence-corrected chi connectivity index (χ0v) is 14.7. The van der Waals surface area contributed by atoms with Gasteiger partial charge in [0.15, 0.2) is 0 Å². The van der Waals surface area contributed by atoms with E-state index in [1.807, 2.05) is 0 Å². The van der Waals surface area contributed by atoms with Crippen molar-refractivity contribution in [1.82, 2.24) is 5.32 Å². The summed E-state index contributed by atoms with van der Waals surface area (Å²) in [4.78, 5) is 24.1. The molecule has 9 heteroatoms. The highest BCUT2D eigenvalue weighted by atomic mass is 19.4. The molecule has 2 aromatic carbocycles. The minimum Gasteiger partial charge on any atom is -0.406 e. The van der Waals surface area contributed by atoms with Crippen LogP contribution in [0.25, 0.3) is 0 Å². The lowest BCUT2D eigenvalue weighted by Gasteiger charge is -2.12. The maximum atomic E-state index is 12.3. The molecule has 0 unspecified atom stereocenters. The molecule has 3 rings (SSSR count). The Bertz CT molecular complexity index is 867. The second-order valence-electron chi connectivity index (χ2n) is 6.31. The first-order chi connectivity index (χ1) is 13.3. The van der Waals surface area contributed by atoms with Crippen LogP contribution in [0.4, 0.5) is 24.5 Å². The summed E-state index contributed by atoms with van der Waals surface area (Å²) < 4.78 is 40.6. The third kappa shape index (κ3) is 6.19. The van der Waals surface area contributed by atoms with Gasteiger partial charge in [0.1, 0.15) is 5.75 Å². The molecule has 0 saturated heterocycles.